The first-order valence-corrected chi connectivity index (χ1v) is 10.3. The molecule has 1 aliphatic heterocycles. The first-order chi connectivity index (χ1) is 13.5. The third-order valence-electron chi connectivity index (χ3n) is 5.18. The molecular weight excluding hydrogens is 352 g/mol. The standard InChI is InChI=1S/C21H36N6O/c1-5-26(20-8-6-7-18(2)17-20)12-10-24-21(22-4)23-9-11-25-13-15-27(16-14-25)19(3)28/h6-8,17H,5,9-16H2,1-4H3,(H2,22,23,24). The van der Waals surface area contributed by atoms with Crippen LogP contribution in [0.15, 0.2) is 29.3 Å². The highest BCUT2D eigenvalue weighted by atomic mass is 16.2. The smallest absolute Gasteiger partial charge is 0.219 e. The number of hydrogen-bond acceptors (Lipinski definition) is 4. The number of aliphatic imine (C=N–C) groups is 1. The van der Waals surface area contributed by atoms with Crippen LogP contribution in [0.5, 0.6) is 0 Å². The summed E-state index contributed by atoms with van der Waals surface area (Å²) in [5.41, 5.74) is 2.54. The van der Waals surface area contributed by atoms with Crippen LogP contribution in [-0.2, 0) is 4.79 Å². The van der Waals surface area contributed by atoms with Gasteiger partial charge in [-0.1, -0.05) is 12.1 Å². The van der Waals surface area contributed by atoms with Crippen molar-refractivity contribution in [1.82, 2.24) is 20.4 Å². The minimum Gasteiger partial charge on any atom is -0.370 e. The van der Waals surface area contributed by atoms with Crippen LogP contribution in [0.3, 0.4) is 0 Å². The van der Waals surface area contributed by atoms with E-state index in [2.05, 4.69) is 63.5 Å². The number of nitrogens with zero attached hydrogens (tertiary/aromatic N) is 4. The van der Waals surface area contributed by atoms with E-state index in [1.54, 1.807) is 14.0 Å². The highest BCUT2D eigenvalue weighted by Gasteiger charge is 2.17. The number of carbonyl (C=O) groups excluding carboxylic acids is 1. The first-order valence-electron chi connectivity index (χ1n) is 10.3. The normalized spacial score (nSPS) is 15.4. The van der Waals surface area contributed by atoms with E-state index in [0.29, 0.717) is 0 Å². The molecule has 1 aliphatic rings. The molecule has 0 saturated carbocycles. The van der Waals surface area contributed by atoms with E-state index in [0.717, 1.165) is 64.9 Å². The monoisotopic (exact) mass is 388 g/mol. The number of rotatable bonds is 8. The molecule has 1 fully saturated rings. The molecule has 1 saturated heterocycles. The third-order valence-corrected chi connectivity index (χ3v) is 5.18. The molecule has 7 nitrogen and oxygen atoms in total. The number of benzene rings is 1. The van der Waals surface area contributed by atoms with Gasteiger partial charge in [0, 0.05) is 78.6 Å². The van der Waals surface area contributed by atoms with E-state index in [1.165, 1.54) is 11.3 Å². The Balaban J connectivity index is 1.66. The molecule has 0 aliphatic carbocycles. The molecule has 1 aromatic carbocycles. The molecule has 1 heterocycles. The molecule has 28 heavy (non-hydrogen) atoms. The maximum Gasteiger partial charge on any atom is 0.219 e. The minimum atomic E-state index is 0.175. The van der Waals surface area contributed by atoms with Crippen molar-refractivity contribution in [3.05, 3.63) is 29.8 Å². The summed E-state index contributed by atoms with van der Waals surface area (Å²) in [6.45, 7) is 14.0. The van der Waals surface area contributed by atoms with Gasteiger partial charge in [-0.15, -0.1) is 0 Å². The molecule has 7 heteroatoms. The summed E-state index contributed by atoms with van der Waals surface area (Å²) in [7, 11) is 1.80. The second kappa shape index (κ2) is 11.5. The van der Waals surface area contributed by atoms with Gasteiger partial charge in [0.2, 0.25) is 5.91 Å². The minimum absolute atomic E-state index is 0.175. The summed E-state index contributed by atoms with van der Waals surface area (Å²) in [6.07, 6.45) is 0. The van der Waals surface area contributed by atoms with Crippen LogP contribution in [0.25, 0.3) is 0 Å². The molecular formula is C21H36N6O. The lowest BCUT2D eigenvalue weighted by Gasteiger charge is -2.34. The zero-order chi connectivity index (χ0) is 20.4. The lowest BCUT2D eigenvalue weighted by atomic mass is 10.2. The number of amides is 1. The van der Waals surface area contributed by atoms with E-state index < -0.39 is 0 Å². The van der Waals surface area contributed by atoms with Gasteiger partial charge in [0.15, 0.2) is 5.96 Å². The van der Waals surface area contributed by atoms with Crippen molar-refractivity contribution in [3.63, 3.8) is 0 Å². The number of piperazine rings is 1. The lowest BCUT2D eigenvalue weighted by Crippen LogP contribution is -2.50. The van der Waals surface area contributed by atoms with Crippen molar-refractivity contribution in [1.29, 1.82) is 0 Å². The average Bonchev–Trinajstić information content (AvgIpc) is 2.70. The van der Waals surface area contributed by atoms with E-state index in [9.17, 15) is 4.79 Å². The Kier molecular flexibility index (Phi) is 9.07. The van der Waals surface area contributed by atoms with Crippen LogP contribution >= 0.6 is 0 Å². The van der Waals surface area contributed by atoms with E-state index in [4.69, 9.17) is 0 Å². The number of aryl methyl sites for hydroxylation is 1. The van der Waals surface area contributed by atoms with Gasteiger partial charge in [0.25, 0.3) is 0 Å². The van der Waals surface area contributed by atoms with Crippen LogP contribution in [-0.4, -0.2) is 87.6 Å². The average molecular weight is 389 g/mol. The summed E-state index contributed by atoms with van der Waals surface area (Å²) in [6, 6.07) is 8.62. The van der Waals surface area contributed by atoms with E-state index in [1.807, 2.05) is 4.90 Å². The largest absolute Gasteiger partial charge is 0.370 e. The third kappa shape index (κ3) is 7.03. The Bertz CT molecular complexity index is 640. The van der Waals surface area contributed by atoms with Crippen molar-refractivity contribution in [2.24, 2.45) is 4.99 Å². The lowest BCUT2D eigenvalue weighted by molar-refractivity contribution is -0.130. The van der Waals surface area contributed by atoms with Crippen molar-refractivity contribution in [2.75, 3.05) is 70.9 Å². The zero-order valence-electron chi connectivity index (χ0n) is 17.9. The summed E-state index contributed by atoms with van der Waals surface area (Å²) in [5.74, 6) is 1.01. The van der Waals surface area contributed by atoms with Crippen LogP contribution in [0.2, 0.25) is 0 Å². The van der Waals surface area contributed by atoms with Gasteiger partial charge in [0.1, 0.15) is 0 Å². The predicted octanol–water partition coefficient (Wildman–Crippen LogP) is 1.15. The molecule has 0 bridgehead atoms. The van der Waals surface area contributed by atoms with Crippen LogP contribution in [0.4, 0.5) is 5.69 Å². The van der Waals surface area contributed by atoms with Crippen LogP contribution in [0.1, 0.15) is 19.4 Å². The van der Waals surface area contributed by atoms with E-state index in [-0.39, 0.29) is 5.91 Å². The fourth-order valence-corrected chi connectivity index (χ4v) is 3.44. The van der Waals surface area contributed by atoms with Crippen LogP contribution < -0.4 is 15.5 Å². The number of nitrogens with one attached hydrogen (secondary N) is 2. The second-order valence-electron chi connectivity index (χ2n) is 7.19. The Morgan fingerprint density at radius 1 is 1.18 bits per heavy atom. The number of hydrogen-bond donors (Lipinski definition) is 2. The molecule has 2 rings (SSSR count). The fourth-order valence-electron chi connectivity index (χ4n) is 3.44. The van der Waals surface area contributed by atoms with Crippen molar-refractivity contribution < 1.29 is 4.79 Å². The Labute approximate surface area is 169 Å². The molecule has 0 unspecified atom stereocenters. The fraction of sp³-hybridized carbons (Fsp3) is 0.619. The highest BCUT2D eigenvalue weighted by molar-refractivity contribution is 5.79. The summed E-state index contributed by atoms with van der Waals surface area (Å²) >= 11 is 0. The Morgan fingerprint density at radius 2 is 1.89 bits per heavy atom. The summed E-state index contributed by atoms with van der Waals surface area (Å²) in [5, 5.41) is 6.79. The molecule has 0 spiro atoms. The Morgan fingerprint density at radius 3 is 2.50 bits per heavy atom. The maximum absolute atomic E-state index is 11.4. The Hall–Kier alpha value is -2.28. The first kappa shape index (κ1) is 22.0. The van der Waals surface area contributed by atoms with Crippen molar-refractivity contribution in [3.8, 4) is 0 Å². The van der Waals surface area contributed by atoms with Gasteiger partial charge in [-0.25, -0.2) is 0 Å². The van der Waals surface area contributed by atoms with E-state index >= 15 is 0 Å². The number of guanidine groups is 1. The zero-order valence-corrected chi connectivity index (χ0v) is 17.9. The SMILES string of the molecule is CCN(CCNC(=NC)NCCN1CCN(C(C)=O)CC1)c1cccc(C)c1. The van der Waals surface area contributed by atoms with Crippen molar-refractivity contribution in [2.45, 2.75) is 20.8 Å². The molecule has 2 N–H and O–H groups in total. The van der Waals surface area contributed by atoms with Gasteiger partial charge < -0.3 is 20.4 Å². The van der Waals surface area contributed by atoms with Gasteiger partial charge >= 0.3 is 0 Å². The summed E-state index contributed by atoms with van der Waals surface area (Å²) < 4.78 is 0. The molecule has 0 radical (unpaired) electrons. The van der Waals surface area contributed by atoms with Gasteiger partial charge in [-0.2, -0.15) is 0 Å². The second-order valence-corrected chi connectivity index (χ2v) is 7.19. The number of anilines is 1. The highest BCUT2D eigenvalue weighted by Crippen LogP contribution is 2.14. The molecule has 1 aromatic rings. The predicted molar refractivity (Wildman–Crippen MR) is 117 cm³/mol. The topological polar surface area (TPSA) is 63.2 Å². The molecule has 0 aromatic heterocycles. The number of likely N-dealkylation sites (N-methyl/N-ethyl adjacent to an activating group) is 1. The maximum atomic E-state index is 11.4. The van der Waals surface area contributed by atoms with Gasteiger partial charge in [-0.05, 0) is 31.5 Å². The summed E-state index contributed by atoms with van der Waals surface area (Å²) in [4.78, 5) is 22.4. The number of carbonyl (C=O) groups is 1. The van der Waals surface area contributed by atoms with Crippen molar-refractivity contribution >= 4 is 17.6 Å². The quantitative estimate of drug-likeness (QED) is 0.517. The van der Waals surface area contributed by atoms with Gasteiger partial charge in [-0.3, -0.25) is 14.7 Å². The molecule has 0 atom stereocenters. The van der Waals surface area contributed by atoms with Crippen LogP contribution in [0, 0.1) is 6.92 Å². The van der Waals surface area contributed by atoms with Gasteiger partial charge in [0.05, 0.1) is 0 Å². The molecule has 1 amide bonds. The molecule has 156 valence electrons.